The summed E-state index contributed by atoms with van der Waals surface area (Å²) in [5.74, 6) is 0.545. The second-order valence-electron chi connectivity index (χ2n) is 5.27. The first-order valence-electron chi connectivity index (χ1n) is 6.74. The molecule has 0 N–H and O–H groups in total. The highest BCUT2D eigenvalue weighted by Crippen LogP contribution is 2.22. The third kappa shape index (κ3) is 5.83. The molecule has 2 rings (SSSR count). The molecule has 1 aromatic rings. The number of carbonyl (C=O) groups is 1. The molecule has 0 aromatic heterocycles. The van der Waals surface area contributed by atoms with Crippen LogP contribution in [0.3, 0.4) is 0 Å². The van der Waals surface area contributed by atoms with Gasteiger partial charge in [-0.25, -0.2) is 0 Å². The number of ether oxygens (including phenoxy) is 1. The molecule has 1 aromatic carbocycles. The minimum absolute atomic E-state index is 0. The van der Waals surface area contributed by atoms with Crippen molar-refractivity contribution in [2.75, 3.05) is 39.8 Å². The maximum atomic E-state index is 12.0. The van der Waals surface area contributed by atoms with Gasteiger partial charge >= 0.3 is 5.97 Å². The highest BCUT2D eigenvalue weighted by atomic mass is 35.5. The van der Waals surface area contributed by atoms with Gasteiger partial charge in [-0.05, 0) is 32.0 Å². The van der Waals surface area contributed by atoms with E-state index in [1.54, 1.807) is 0 Å². The van der Waals surface area contributed by atoms with Crippen molar-refractivity contribution in [1.82, 2.24) is 9.80 Å². The van der Waals surface area contributed by atoms with E-state index >= 15 is 0 Å². The fourth-order valence-electron chi connectivity index (χ4n) is 2.29. The van der Waals surface area contributed by atoms with Gasteiger partial charge in [-0.3, -0.25) is 9.69 Å². The van der Waals surface area contributed by atoms with Gasteiger partial charge in [0, 0.05) is 26.2 Å². The van der Waals surface area contributed by atoms with Crippen LogP contribution in [0.2, 0.25) is 0 Å². The molecule has 0 spiro atoms. The van der Waals surface area contributed by atoms with Crippen LogP contribution in [0, 0.1) is 13.8 Å². The van der Waals surface area contributed by atoms with Gasteiger partial charge in [-0.2, -0.15) is 0 Å². The maximum absolute atomic E-state index is 12.0. The first-order chi connectivity index (χ1) is 9.06. The van der Waals surface area contributed by atoms with E-state index < -0.39 is 0 Å². The Kier molecular flexibility index (Phi) is 8.90. The van der Waals surface area contributed by atoms with Crippen LogP contribution in [0.4, 0.5) is 0 Å². The lowest BCUT2D eigenvalue weighted by Gasteiger charge is -2.31. The summed E-state index contributed by atoms with van der Waals surface area (Å²) >= 11 is 0. The number of halogens is 2. The number of hydrogen-bond donors (Lipinski definition) is 0. The zero-order chi connectivity index (χ0) is 13.8. The van der Waals surface area contributed by atoms with Gasteiger partial charge in [0.1, 0.15) is 5.75 Å². The van der Waals surface area contributed by atoms with Crippen molar-refractivity contribution in [3.05, 3.63) is 29.3 Å². The van der Waals surface area contributed by atoms with Gasteiger partial charge in [-0.1, -0.05) is 18.2 Å². The van der Waals surface area contributed by atoms with E-state index in [0.717, 1.165) is 37.3 Å². The number of carbonyl (C=O) groups excluding carboxylic acids is 1. The van der Waals surface area contributed by atoms with E-state index in [4.69, 9.17) is 4.74 Å². The highest BCUT2D eigenvalue weighted by molar-refractivity contribution is 5.85. The van der Waals surface area contributed by atoms with E-state index in [1.165, 1.54) is 0 Å². The zero-order valence-electron chi connectivity index (χ0n) is 12.8. The Morgan fingerprint density at radius 1 is 1.10 bits per heavy atom. The number of benzene rings is 1. The molecule has 0 radical (unpaired) electrons. The van der Waals surface area contributed by atoms with Gasteiger partial charge in [-0.15, -0.1) is 24.8 Å². The normalized spacial score (nSPS) is 15.8. The molecule has 0 atom stereocenters. The number of esters is 1. The van der Waals surface area contributed by atoms with Crippen LogP contribution in [0.25, 0.3) is 0 Å². The van der Waals surface area contributed by atoms with E-state index in [0.29, 0.717) is 12.3 Å². The Balaban J connectivity index is 0.00000200. The Bertz CT molecular complexity index is 441. The van der Waals surface area contributed by atoms with Gasteiger partial charge in [0.2, 0.25) is 0 Å². The summed E-state index contributed by atoms with van der Waals surface area (Å²) in [4.78, 5) is 16.4. The summed E-state index contributed by atoms with van der Waals surface area (Å²) in [7, 11) is 2.10. The van der Waals surface area contributed by atoms with Crippen LogP contribution in [0.5, 0.6) is 5.75 Å². The van der Waals surface area contributed by atoms with E-state index in [1.807, 2.05) is 32.0 Å². The van der Waals surface area contributed by atoms with Crippen molar-refractivity contribution in [2.45, 2.75) is 13.8 Å². The van der Waals surface area contributed by atoms with Crippen molar-refractivity contribution in [3.63, 3.8) is 0 Å². The summed E-state index contributed by atoms with van der Waals surface area (Å²) in [5.41, 5.74) is 2.01. The van der Waals surface area contributed by atoms with Crippen molar-refractivity contribution in [2.24, 2.45) is 0 Å². The SMILES string of the molecule is Cc1cccc(C)c1OC(=O)CN1CCN(C)CC1.Cl.Cl. The first kappa shape index (κ1) is 20.2. The molecule has 0 bridgehead atoms. The molecular weight excluding hydrogens is 311 g/mol. The van der Waals surface area contributed by atoms with E-state index in [-0.39, 0.29) is 30.8 Å². The van der Waals surface area contributed by atoms with Crippen LogP contribution in [-0.2, 0) is 4.79 Å². The van der Waals surface area contributed by atoms with E-state index in [2.05, 4.69) is 16.8 Å². The number of likely N-dealkylation sites (N-methyl/N-ethyl adjacent to an activating group) is 1. The van der Waals surface area contributed by atoms with E-state index in [9.17, 15) is 4.79 Å². The van der Waals surface area contributed by atoms with Crippen molar-refractivity contribution >= 4 is 30.8 Å². The zero-order valence-corrected chi connectivity index (χ0v) is 14.4. The second-order valence-corrected chi connectivity index (χ2v) is 5.27. The number of nitrogens with zero attached hydrogens (tertiary/aromatic N) is 2. The summed E-state index contributed by atoms with van der Waals surface area (Å²) in [6.45, 7) is 8.18. The van der Waals surface area contributed by atoms with Gasteiger partial charge < -0.3 is 9.64 Å². The summed E-state index contributed by atoms with van der Waals surface area (Å²) in [6.07, 6.45) is 0. The number of rotatable bonds is 3. The summed E-state index contributed by atoms with van der Waals surface area (Å²) in [5, 5.41) is 0. The molecule has 1 saturated heterocycles. The molecule has 1 heterocycles. The minimum atomic E-state index is -0.165. The number of para-hydroxylation sites is 1. The minimum Gasteiger partial charge on any atom is -0.425 e. The van der Waals surface area contributed by atoms with Crippen molar-refractivity contribution in [1.29, 1.82) is 0 Å². The molecule has 0 amide bonds. The predicted molar refractivity (Wildman–Crippen MR) is 90.0 cm³/mol. The average molecular weight is 335 g/mol. The largest absolute Gasteiger partial charge is 0.425 e. The van der Waals surface area contributed by atoms with Gasteiger partial charge in [0.15, 0.2) is 0 Å². The number of aryl methyl sites for hydroxylation is 2. The molecule has 0 unspecified atom stereocenters. The smallest absolute Gasteiger partial charge is 0.325 e. The number of piperazine rings is 1. The first-order valence-corrected chi connectivity index (χ1v) is 6.74. The quantitative estimate of drug-likeness (QED) is 0.627. The Labute approximate surface area is 139 Å². The maximum Gasteiger partial charge on any atom is 0.325 e. The van der Waals surface area contributed by atoms with Gasteiger partial charge in [0.05, 0.1) is 6.54 Å². The molecule has 21 heavy (non-hydrogen) atoms. The predicted octanol–water partition coefficient (Wildman–Crippen LogP) is 2.30. The lowest BCUT2D eigenvalue weighted by Crippen LogP contribution is -2.46. The summed E-state index contributed by atoms with van der Waals surface area (Å²) in [6, 6.07) is 5.90. The fraction of sp³-hybridized carbons (Fsp3) is 0.533. The topological polar surface area (TPSA) is 32.8 Å². The van der Waals surface area contributed by atoms with Crippen molar-refractivity contribution in [3.8, 4) is 5.75 Å². The van der Waals surface area contributed by atoms with Crippen LogP contribution in [0.1, 0.15) is 11.1 Å². The molecule has 4 nitrogen and oxygen atoms in total. The average Bonchev–Trinajstić information content (AvgIpc) is 2.37. The monoisotopic (exact) mass is 334 g/mol. The number of hydrogen-bond acceptors (Lipinski definition) is 4. The fourth-order valence-corrected chi connectivity index (χ4v) is 2.29. The molecule has 120 valence electrons. The van der Waals surface area contributed by atoms with Crippen LogP contribution < -0.4 is 4.74 Å². The van der Waals surface area contributed by atoms with Crippen molar-refractivity contribution < 1.29 is 9.53 Å². The Morgan fingerprint density at radius 3 is 2.14 bits per heavy atom. The lowest BCUT2D eigenvalue weighted by atomic mass is 10.1. The van der Waals surface area contributed by atoms with Crippen LogP contribution >= 0.6 is 24.8 Å². The molecule has 1 aliphatic heterocycles. The lowest BCUT2D eigenvalue weighted by molar-refractivity contribution is -0.136. The summed E-state index contributed by atoms with van der Waals surface area (Å²) < 4.78 is 5.51. The second kappa shape index (κ2) is 9.26. The molecule has 6 heteroatoms. The third-order valence-electron chi connectivity index (χ3n) is 3.57. The molecule has 1 fully saturated rings. The highest BCUT2D eigenvalue weighted by Gasteiger charge is 2.18. The Hall–Kier alpha value is -0.810. The molecule has 1 aliphatic rings. The third-order valence-corrected chi connectivity index (χ3v) is 3.57. The standard InChI is InChI=1S/C15H22N2O2.2ClH/c1-12-5-4-6-13(2)15(12)19-14(18)11-17-9-7-16(3)8-10-17;;/h4-6H,7-11H2,1-3H3;2*1H. The molecule has 0 saturated carbocycles. The molecule has 0 aliphatic carbocycles. The van der Waals surface area contributed by atoms with Crippen LogP contribution in [-0.4, -0.2) is 55.5 Å². The van der Waals surface area contributed by atoms with Crippen LogP contribution in [0.15, 0.2) is 18.2 Å². The molecular formula is C15H24Cl2N2O2. The Morgan fingerprint density at radius 2 is 1.62 bits per heavy atom. The van der Waals surface area contributed by atoms with Gasteiger partial charge in [0.25, 0.3) is 0 Å².